The smallest absolute Gasteiger partial charge is 0.253 e. The van der Waals surface area contributed by atoms with Gasteiger partial charge in [-0.2, -0.15) is 5.26 Å². The minimum absolute atomic E-state index is 0.110. The lowest BCUT2D eigenvalue weighted by Crippen LogP contribution is -2.35. The van der Waals surface area contributed by atoms with Gasteiger partial charge in [0.15, 0.2) is 0 Å². The molecule has 0 aliphatic carbocycles. The molecule has 5 rings (SSSR count). The number of hydrogen-bond donors (Lipinski definition) is 0. The second-order valence-electron chi connectivity index (χ2n) is 8.81. The van der Waals surface area contributed by atoms with Gasteiger partial charge in [-0.3, -0.25) is 9.69 Å². The van der Waals surface area contributed by atoms with Gasteiger partial charge in [0.2, 0.25) is 0 Å². The zero-order valence-corrected chi connectivity index (χ0v) is 19.1. The number of imidazole rings is 1. The molecule has 0 N–H and O–H groups in total. The molecular weight excluding hydrogens is 422 g/mol. The fraction of sp³-hybridized carbons (Fsp3) is 0.250. The lowest BCUT2D eigenvalue weighted by molar-refractivity contribution is 0.0761. The Balaban J connectivity index is 1.22. The van der Waals surface area contributed by atoms with E-state index in [0.717, 1.165) is 73.3 Å². The Labute approximate surface area is 199 Å². The fourth-order valence-electron chi connectivity index (χ4n) is 4.57. The number of nitriles is 1. The summed E-state index contributed by atoms with van der Waals surface area (Å²) in [5.41, 5.74) is 3.72. The van der Waals surface area contributed by atoms with Gasteiger partial charge < -0.3 is 9.47 Å². The predicted octanol–water partition coefficient (Wildman–Crippen LogP) is 4.30. The molecule has 34 heavy (non-hydrogen) atoms. The molecular formula is C28H27N5O. The summed E-state index contributed by atoms with van der Waals surface area (Å²) in [5.74, 6) is 0.110. The maximum absolute atomic E-state index is 13.2. The highest BCUT2D eigenvalue weighted by molar-refractivity contribution is 5.98. The van der Waals surface area contributed by atoms with E-state index in [4.69, 9.17) is 5.26 Å². The largest absolute Gasteiger partial charge is 0.337 e. The van der Waals surface area contributed by atoms with Gasteiger partial charge in [0.25, 0.3) is 5.91 Å². The Morgan fingerprint density at radius 1 is 0.912 bits per heavy atom. The highest BCUT2D eigenvalue weighted by Crippen LogP contribution is 2.18. The zero-order valence-electron chi connectivity index (χ0n) is 19.1. The molecule has 1 aliphatic heterocycles. The summed E-state index contributed by atoms with van der Waals surface area (Å²) < 4.78 is 2.16. The first kappa shape index (κ1) is 21.9. The first-order chi connectivity index (χ1) is 16.7. The molecule has 1 fully saturated rings. The lowest BCUT2D eigenvalue weighted by atomic mass is 10.1. The molecule has 4 aromatic rings. The number of aromatic nitrogens is 2. The van der Waals surface area contributed by atoms with E-state index >= 15 is 0 Å². The van der Waals surface area contributed by atoms with Crippen molar-refractivity contribution in [2.24, 2.45) is 0 Å². The molecule has 170 valence electrons. The molecule has 0 spiro atoms. The molecule has 1 saturated heterocycles. The van der Waals surface area contributed by atoms with Crippen LogP contribution in [0.3, 0.4) is 0 Å². The predicted molar refractivity (Wildman–Crippen MR) is 132 cm³/mol. The molecule has 1 aliphatic rings. The molecule has 0 atom stereocenters. The maximum atomic E-state index is 13.2. The number of fused-ring (bicyclic) bond motifs is 1. The lowest BCUT2D eigenvalue weighted by Gasteiger charge is -2.22. The standard InChI is InChI=1S/C28H27N5O/c29-17-22-6-8-23(9-7-22)19-33-21-30-18-27(33)20-31-12-3-13-32(15-14-31)28(34)26-11-10-24-4-1-2-5-25(24)16-26/h1-2,4-11,16,18,21H,3,12-15,19-20H2. The number of hydrogen-bond acceptors (Lipinski definition) is 4. The molecule has 0 saturated carbocycles. The van der Waals surface area contributed by atoms with Crippen LogP contribution in [0.5, 0.6) is 0 Å². The van der Waals surface area contributed by atoms with Crippen LogP contribution in [0.2, 0.25) is 0 Å². The maximum Gasteiger partial charge on any atom is 0.253 e. The van der Waals surface area contributed by atoms with Gasteiger partial charge in [0.1, 0.15) is 0 Å². The van der Waals surface area contributed by atoms with Crippen LogP contribution in [0.15, 0.2) is 79.3 Å². The number of carbonyl (C=O) groups excluding carboxylic acids is 1. The number of benzene rings is 3. The molecule has 1 aromatic heterocycles. The van der Waals surface area contributed by atoms with Gasteiger partial charge in [0.05, 0.1) is 23.7 Å². The van der Waals surface area contributed by atoms with Crippen LogP contribution >= 0.6 is 0 Å². The number of nitrogens with zero attached hydrogens (tertiary/aromatic N) is 5. The average molecular weight is 450 g/mol. The Hall–Kier alpha value is -3.95. The van der Waals surface area contributed by atoms with Crippen LogP contribution in [-0.4, -0.2) is 51.4 Å². The van der Waals surface area contributed by atoms with Crippen molar-refractivity contribution in [2.75, 3.05) is 26.2 Å². The Morgan fingerprint density at radius 2 is 1.74 bits per heavy atom. The topological polar surface area (TPSA) is 65.2 Å². The summed E-state index contributed by atoms with van der Waals surface area (Å²) in [7, 11) is 0. The van der Waals surface area contributed by atoms with Crippen molar-refractivity contribution in [1.29, 1.82) is 5.26 Å². The van der Waals surface area contributed by atoms with Gasteiger partial charge in [-0.05, 0) is 47.0 Å². The molecule has 1 amide bonds. The highest BCUT2D eigenvalue weighted by atomic mass is 16.2. The van der Waals surface area contributed by atoms with Gasteiger partial charge >= 0.3 is 0 Å². The minimum Gasteiger partial charge on any atom is -0.337 e. The third-order valence-electron chi connectivity index (χ3n) is 6.49. The van der Waals surface area contributed by atoms with Crippen molar-refractivity contribution in [1.82, 2.24) is 19.4 Å². The minimum atomic E-state index is 0.110. The Kier molecular flexibility index (Phi) is 6.37. The zero-order chi connectivity index (χ0) is 23.3. The number of rotatable bonds is 5. The van der Waals surface area contributed by atoms with Crippen LogP contribution in [0, 0.1) is 11.3 Å². The Morgan fingerprint density at radius 3 is 2.56 bits per heavy atom. The summed E-state index contributed by atoms with van der Waals surface area (Å²) in [4.78, 5) is 22.0. The summed E-state index contributed by atoms with van der Waals surface area (Å²) in [5, 5.41) is 11.2. The van der Waals surface area contributed by atoms with Crippen molar-refractivity contribution in [3.05, 3.63) is 102 Å². The van der Waals surface area contributed by atoms with E-state index in [0.29, 0.717) is 5.56 Å². The normalized spacial score (nSPS) is 14.6. The highest BCUT2D eigenvalue weighted by Gasteiger charge is 2.21. The van der Waals surface area contributed by atoms with Crippen LogP contribution in [-0.2, 0) is 13.1 Å². The van der Waals surface area contributed by atoms with Crippen molar-refractivity contribution < 1.29 is 4.79 Å². The molecule has 6 nitrogen and oxygen atoms in total. The average Bonchev–Trinajstić information content (AvgIpc) is 3.17. The summed E-state index contributed by atoms with van der Waals surface area (Å²) in [6.45, 7) is 4.79. The van der Waals surface area contributed by atoms with Crippen LogP contribution in [0.1, 0.15) is 33.6 Å². The van der Waals surface area contributed by atoms with E-state index in [9.17, 15) is 4.79 Å². The molecule has 0 unspecified atom stereocenters. The Bertz CT molecular complexity index is 1330. The van der Waals surface area contributed by atoms with Crippen molar-refractivity contribution in [3.8, 4) is 6.07 Å². The molecule has 2 heterocycles. The van der Waals surface area contributed by atoms with Gasteiger partial charge in [0, 0.05) is 51.0 Å². The first-order valence-corrected chi connectivity index (χ1v) is 11.7. The van der Waals surface area contributed by atoms with E-state index in [-0.39, 0.29) is 5.91 Å². The van der Waals surface area contributed by atoms with E-state index in [1.54, 1.807) is 0 Å². The summed E-state index contributed by atoms with van der Waals surface area (Å²) in [6.07, 6.45) is 4.73. The second kappa shape index (κ2) is 9.90. The van der Waals surface area contributed by atoms with Crippen molar-refractivity contribution >= 4 is 16.7 Å². The van der Waals surface area contributed by atoms with Crippen molar-refractivity contribution in [2.45, 2.75) is 19.5 Å². The second-order valence-corrected chi connectivity index (χ2v) is 8.81. The molecule has 0 bridgehead atoms. The van der Waals surface area contributed by atoms with Crippen LogP contribution in [0.4, 0.5) is 0 Å². The number of carbonyl (C=O) groups is 1. The molecule has 3 aromatic carbocycles. The van der Waals surface area contributed by atoms with Gasteiger partial charge in [-0.15, -0.1) is 0 Å². The summed E-state index contributed by atoms with van der Waals surface area (Å²) >= 11 is 0. The first-order valence-electron chi connectivity index (χ1n) is 11.7. The van der Waals surface area contributed by atoms with E-state index in [1.807, 2.05) is 72.0 Å². The van der Waals surface area contributed by atoms with Gasteiger partial charge in [-0.1, -0.05) is 42.5 Å². The SMILES string of the molecule is N#Cc1ccc(Cn2cncc2CN2CCCN(C(=O)c3ccc4ccccc4c3)CC2)cc1. The van der Waals surface area contributed by atoms with Gasteiger partial charge in [-0.25, -0.2) is 4.98 Å². The fourth-order valence-corrected chi connectivity index (χ4v) is 4.57. The van der Waals surface area contributed by atoms with Crippen LogP contribution < -0.4 is 0 Å². The van der Waals surface area contributed by atoms with Crippen molar-refractivity contribution in [3.63, 3.8) is 0 Å². The number of amides is 1. The van der Waals surface area contributed by atoms with E-state index in [1.165, 1.54) is 0 Å². The van der Waals surface area contributed by atoms with E-state index < -0.39 is 0 Å². The quantitative estimate of drug-likeness (QED) is 0.456. The third kappa shape index (κ3) is 4.85. The summed E-state index contributed by atoms with van der Waals surface area (Å²) in [6, 6.07) is 24.0. The van der Waals surface area contributed by atoms with E-state index in [2.05, 4.69) is 32.7 Å². The monoisotopic (exact) mass is 449 g/mol. The third-order valence-corrected chi connectivity index (χ3v) is 6.49. The molecule has 0 radical (unpaired) electrons. The molecule has 6 heteroatoms. The van der Waals surface area contributed by atoms with Crippen LogP contribution in [0.25, 0.3) is 10.8 Å².